The van der Waals surface area contributed by atoms with Crippen molar-refractivity contribution in [1.82, 2.24) is 10.1 Å². The van der Waals surface area contributed by atoms with Crippen molar-refractivity contribution in [2.75, 3.05) is 11.5 Å². The van der Waals surface area contributed by atoms with Crippen LogP contribution in [0.3, 0.4) is 0 Å². The van der Waals surface area contributed by atoms with Gasteiger partial charge in [-0.25, -0.2) is 4.79 Å². The quantitative estimate of drug-likeness (QED) is 0.553. The van der Waals surface area contributed by atoms with Crippen LogP contribution in [0.1, 0.15) is 32.7 Å². The van der Waals surface area contributed by atoms with Crippen LogP contribution in [0.4, 0.5) is 0 Å². The molecule has 0 N–H and O–H groups in total. The van der Waals surface area contributed by atoms with E-state index in [1.165, 1.54) is 23.5 Å². The number of benzene rings is 1. The third-order valence-corrected chi connectivity index (χ3v) is 7.51. The summed E-state index contributed by atoms with van der Waals surface area (Å²) < 4.78 is 10.9. The van der Waals surface area contributed by atoms with Gasteiger partial charge in [0.1, 0.15) is 0 Å². The molecule has 1 fully saturated rings. The van der Waals surface area contributed by atoms with Crippen molar-refractivity contribution in [1.29, 1.82) is 0 Å². The average Bonchev–Trinajstić information content (AvgIpc) is 3.38. The van der Waals surface area contributed by atoms with E-state index in [1.54, 1.807) is 11.3 Å². The monoisotopic (exact) mass is 404 g/mol. The summed E-state index contributed by atoms with van der Waals surface area (Å²) in [4.78, 5) is 16.5. The Labute approximate surface area is 163 Å². The van der Waals surface area contributed by atoms with Gasteiger partial charge in [0, 0.05) is 5.38 Å². The number of carbonyl (C=O) groups is 1. The van der Waals surface area contributed by atoms with Gasteiger partial charge < -0.3 is 9.26 Å². The van der Waals surface area contributed by atoms with Gasteiger partial charge in [-0.3, -0.25) is 0 Å². The number of ether oxygens (including phenoxy) is 1. The zero-order valence-electron chi connectivity index (χ0n) is 13.8. The summed E-state index contributed by atoms with van der Waals surface area (Å²) in [5, 5.41) is 7.71. The Morgan fingerprint density at radius 3 is 2.73 bits per heavy atom. The Hall–Kier alpha value is -1.77. The molecular weight excluding hydrogens is 388 g/mol. The van der Waals surface area contributed by atoms with Crippen molar-refractivity contribution in [2.24, 2.45) is 0 Å². The standard InChI is InChI=1S/C18H16N2O3S3/c21-17(12-2-4-13(5-3-12)18-25-7-1-8-26-18)22-10-15-19-16(23-20-15)14-6-9-24-11-14/h2-6,9,11,18H,1,7-8,10H2. The fourth-order valence-corrected chi connectivity index (χ4v) is 6.01. The maximum absolute atomic E-state index is 12.2. The van der Waals surface area contributed by atoms with E-state index in [0.29, 0.717) is 21.9 Å². The lowest BCUT2D eigenvalue weighted by Gasteiger charge is -2.21. The maximum atomic E-state index is 12.2. The third kappa shape index (κ3) is 4.13. The number of carbonyl (C=O) groups excluding carboxylic acids is 1. The van der Waals surface area contributed by atoms with E-state index >= 15 is 0 Å². The normalized spacial score (nSPS) is 15.1. The highest BCUT2D eigenvalue weighted by Gasteiger charge is 2.17. The SMILES string of the molecule is O=C(OCc1noc(-c2ccsc2)n1)c1ccc(C2SCCCS2)cc1. The molecule has 5 nitrogen and oxygen atoms in total. The molecule has 134 valence electrons. The lowest BCUT2D eigenvalue weighted by atomic mass is 10.1. The second-order valence-electron chi connectivity index (χ2n) is 5.65. The molecule has 1 aliphatic rings. The van der Waals surface area contributed by atoms with E-state index in [0.717, 1.165) is 5.56 Å². The minimum absolute atomic E-state index is 0.0114. The Kier molecular flexibility index (Phi) is 5.62. The molecule has 1 saturated heterocycles. The predicted molar refractivity (Wildman–Crippen MR) is 105 cm³/mol. The molecule has 0 spiro atoms. The van der Waals surface area contributed by atoms with Crippen LogP contribution >= 0.6 is 34.9 Å². The van der Waals surface area contributed by atoms with E-state index in [-0.39, 0.29) is 12.6 Å². The summed E-state index contributed by atoms with van der Waals surface area (Å²) in [7, 11) is 0. The van der Waals surface area contributed by atoms with Crippen LogP contribution < -0.4 is 0 Å². The van der Waals surface area contributed by atoms with Crippen LogP contribution in [0.15, 0.2) is 45.6 Å². The van der Waals surface area contributed by atoms with Gasteiger partial charge in [-0.05, 0) is 47.1 Å². The molecule has 1 aliphatic heterocycles. The van der Waals surface area contributed by atoms with Gasteiger partial charge in [-0.2, -0.15) is 16.3 Å². The van der Waals surface area contributed by atoms with Crippen molar-refractivity contribution < 1.29 is 14.1 Å². The van der Waals surface area contributed by atoms with Crippen LogP contribution in [-0.4, -0.2) is 27.6 Å². The fraction of sp³-hybridized carbons (Fsp3) is 0.278. The highest BCUT2D eigenvalue weighted by atomic mass is 32.2. The lowest BCUT2D eigenvalue weighted by Crippen LogP contribution is -2.07. The molecule has 0 radical (unpaired) electrons. The first-order valence-electron chi connectivity index (χ1n) is 8.15. The molecule has 0 aliphatic carbocycles. The predicted octanol–water partition coefficient (Wildman–Crippen LogP) is 5.02. The molecule has 0 atom stereocenters. The van der Waals surface area contributed by atoms with Crippen molar-refractivity contribution in [3.8, 4) is 11.5 Å². The molecule has 8 heteroatoms. The van der Waals surface area contributed by atoms with Gasteiger partial charge in [0.25, 0.3) is 5.89 Å². The van der Waals surface area contributed by atoms with Crippen molar-refractivity contribution in [2.45, 2.75) is 17.6 Å². The van der Waals surface area contributed by atoms with Crippen LogP contribution in [0, 0.1) is 0 Å². The first-order valence-corrected chi connectivity index (χ1v) is 11.2. The molecule has 3 heterocycles. The molecule has 26 heavy (non-hydrogen) atoms. The van der Waals surface area contributed by atoms with Gasteiger partial charge in [0.2, 0.25) is 5.82 Å². The smallest absolute Gasteiger partial charge is 0.338 e. The fourth-order valence-electron chi connectivity index (χ4n) is 2.49. The van der Waals surface area contributed by atoms with Crippen LogP contribution in [0.5, 0.6) is 0 Å². The summed E-state index contributed by atoms with van der Waals surface area (Å²) in [6.45, 7) is -0.0114. The number of hydrogen-bond donors (Lipinski definition) is 0. The average molecular weight is 405 g/mol. The summed E-state index contributed by atoms with van der Waals surface area (Å²) in [6, 6.07) is 9.56. The number of thioether (sulfide) groups is 2. The second-order valence-corrected chi connectivity index (χ2v) is 9.16. The molecular formula is C18H16N2O3S3. The topological polar surface area (TPSA) is 65.2 Å². The van der Waals surface area contributed by atoms with Gasteiger partial charge in [-0.1, -0.05) is 17.3 Å². The molecule has 1 aromatic carbocycles. The Morgan fingerprint density at radius 1 is 1.19 bits per heavy atom. The first-order chi connectivity index (χ1) is 12.8. The molecule has 0 unspecified atom stereocenters. The Balaban J connectivity index is 1.34. The van der Waals surface area contributed by atoms with E-state index in [1.807, 2.05) is 64.6 Å². The van der Waals surface area contributed by atoms with Crippen molar-refractivity contribution in [3.63, 3.8) is 0 Å². The number of aromatic nitrogens is 2. The zero-order chi connectivity index (χ0) is 17.8. The van der Waals surface area contributed by atoms with Gasteiger partial charge >= 0.3 is 5.97 Å². The number of hydrogen-bond acceptors (Lipinski definition) is 8. The van der Waals surface area contributed by atoms with Crippen LogP contribution in [0.2, 0.25) is 0 Å². The van der Waals surface area contributed by atoms with Crippen molar-refractivity contribution >= 4 is 40.8 Å². The Morgan fingerprint density at radius 2 is 2.00 bits per heavy atom. The Bertz CT molecular complexity index is 856. The molecule has 2 aromatic heterocycles. The van der Waals surface area contributed by atoms with E-state index in [4.69, 9.17) is 9.26 Å². The van der Waals surface area contributed by atoms with Gasteiger partial charge in [0.05, 0.1) is 15.7 Å². The molecule has 3 aromatic rings. The molecule has 0 saturated carbocycles. The summed E-state index contributed by atoms with van der Waals surface area (Å²) in [5.74, 6) is 2.79. The highest BCUT2D eigenvalue weighted by Crippen LogP contribution is 2.43. The molecule has 4 rings (SSSR count). The largest absolute Gasteiger partial charge is 0.454 e. The van der Waals surface area contributed by atoms with Crippen molar-refractivity contribution in [3.05, 3.63) is 58.0 Å². The maximum Gasteiger partial charge on any atom is 0.338 e. The zero-order valence-corrected chi connectivity index (χ0v) is 16.2. The van der Waals surface area contributed by atoms with Crippen LogP contribution in [0.25, 0.3) is 11.5 Å². The van der Waals surface area contributed by atoms with Gasteiger partial charge in [0.15, 0.2) is 6.61 Å². The van der Waals surface area contributed by atoms with Gasteiger partial charge in [-0.15, -0.1) is 23.5 Å². The van der Waals surface area contributed by atoms with E-state index in [9.17, 15) is 4.79 Å². The minimum atomic E-state index is -0.387. The van der Waals surface area contributed by atoms with E-state index in [2.05, 4.69) is 10.1 Å². The summed E-state index contributed by atoms with van der Waals surface area (Å²) in [6.07, 6.45) is 1.26. The minimum Gasteiger partial charge on any atom is -0.454 e. The summed E-state index contributed by atoms with van der Waals surface area (Å²) >= 11 is 5.47. The number of esters is 1. The first kappa shape index (κ1) is 17.6. The third-order valence-electron chi connectivity index (χ3n) is 3.81. The molecule has 0 bridgehead atoms. The number of rotatable bonds is 5. The van der Waals surface area contributed by atoms with E-state index < -0.39 is 0 Å². The lowest BCUT2D eigenvalue weighted by molar-refractivity contribution is 0.0459. The number of nitrogens with zero attached hydrogens (tertiary/aromatic N) is 2. The van der Waals surface area contributed by atoms with Crippen LogP contribution in [-0.2, 0) is 11.3 Å². The number of thiophene rings is 1. The second kappa shape index (κ2) is 8.28. The summed E-state index contributed by atoms with van der Waals surface area (Å²) in [5.41, 5.74) is 2.64. The highest BCUT2D eigenvalue weighted by molar-refractivity contribution is 8.16. The molecule has 0 amide bonds.